The molecule has 0 saturated carbocycles. The molecule has 0 unspecified atom stereocenters. The van der Waals surface area contributed by atoms with Gasteiger partial charge < -0.3 is 19.6 Å². The first-order valence-corrected chi connectivity index (χ1v) is 10.2. The highest BCUT2D eigenvalue weighted by Crippen LogP contribution is 2.18. The summed E-state index contributed by atoms with van der Waals surface area (Å²) in [5.41, 5.74) is 3.44. The smallest absolute Gasteiger partial charge is 0.269 e. The first kappa shape index (κ1) is 25.6. The molecule has 8 nitrogen and oxygen atoms in total. The number of hydrogen-bond acceptors (Lipinski definition) is 5. The van der Waals surface area contributed by atoms with Crippen molar-refractivity contribution in [3.05, 3.63) is 47.1 Å². The number of carbonyl (C=O) groups excluding carboxylic acids is 2. The van der Waals surface area contributed by atoms with Crippen molar-refractivity contribution in [1.29, 1.82) is 0 Å². The lowest BCUT2D eigenvalue weighted by atomic mass is 10.1. The topological polar surface area (TPSA) is 94.5 Å². The van der Waals surface area contributed by atoms with Gasteiger partial charge in [-0.1, -0.05) is 30.3 Å². The second-order valence-corrected chi connectivity index (χ2v) is 6.98. The molecule has 0 spiro atoms. The van der Waals surface area contributed by atoms with Crippen LogP contribution in [0.5, 0.6) is 0 Å². The van der Waals surface area contributed by atoms with Crippen LogP contribution >= 0.6 is 11.6 Å². The zero-order valence-electron chi connectivity index (χ0n) is 17.6. The molecule has 0 aliphatic carbocycles. The van der Waals surface area contributed by atoms with E-state index in [0.717, 1.165) is 5.56 Å². The number of aliphatic hydroxyl groups is 1. The molecule has 1 aromatic carbocycles. The van der Waals surface area contributed by atoms with E-state index >= 15 is 0 Å². The maximum absolute atomic E-state index is 12.9. The second-order valence-electron chi connectivity index (χ2n) is 6.54. The molecule has 9 heteroatoms. The van der Waals surface area contributed by atoms with Crippen LogP contribution in [0.25, 0.3) is 0 Å². The van der Waals surface area contributed by atoms with Gasteiger partial charge in [0.2, 0.25) is 6.41 Å². The van der Waals surface area contributed by atoms with E-state index in [9.17, 15) is 9.59 Å². The Morgan fingerprint density at radius 3 is 2.63 bits per heavy atom. The molecule has 2 N–H and O–H groups in total. The molecule has 0 bridgehead atoms. The first-order valence-electron chi connectivity index (χ1n) is 9.85. The quantitative estimate of drug-likeness (QED) is 0.116. The molecule has 2 amide bonds. The Balaban J connectivity index is 3.13. The Hall–Kier alpha value is -2.42. The number of nitrogens with one attached hydrogen (secondary N) is 1. The van der Waals surface area contributed by atoms with Crippen LogP contribution in [-0.4, -0.2) is 66.5 Å². The van der Waals surface area contributed by atoms with Crippen molar-refractivity contribution in [2.45, 2.75) is 32.7 Å². The third kappa shape index (κ3) is 8.94. The van der Waals surface area contributed by atoms with Crippen molar-refractivity contribution in [1.82, 2.24) is 15.2 Å². The maximum Gasteiger partial charge on any atom is 0.269 e. The van der Waals surface area contributed by atoms with Gasteiger partial charge in [0.25, 0.3) is 5.91 Å². The van der Waals surface area contributed by atoms with E-state index in [2.05, 4.69) is 17.1 Å². The predicted octanol–water partition coefficient (Wildman–Crippen LogP) is 2.37. The molecule has 0 aliphatic rings. The van der Waals surface area contributed by atoms with Crippen molar-refractivity contribution in [2.75, 3.05) is 33.4 Å². The van der Waals surface area contributed by atoms with E-state index in [-0.39, 0.29) is 18.2 Å². The average molecular weight is 439 g/mol. The molecule has 30 heavy (non-hydrogen) atoms. The fourth-order valence-electron chi connectivity index (χ4n) is 2.69. The van der Waals surface area contributed by atoms with E-state index in [4.69, 9.17) is 21.4 Å². The van der Waals surface area contributed by atoms with Crippen LogP contribution in [0.2, 0.25) is 5.02 Å². The minimum atomic E-state index is -0.291. The highest BCUT2D eigenvalue weighted by atomic mass is 35.5. The number of benzene rings is 1. The number of ether oxygens (including phenoxy) is 1. The van der Waals surface area contributed by atoms with Gasteiger partial charge in [-0.25, -0.2) is 5.43 Å². The highest BCUT2D eigenvalue weighted by molar-refractivity contribution is 6.30. The summed E-state index contributed by atoms with van der Waals surface area (Å²) in [5, 5.41) is 13.8. The summed E-state index contributed by atoms with van der Waals surface area (Å²) in [6.07, 6.45) is 2.07. The maximum atomic E-state index is 12.9. The van der Waals surface area contributed by atoms with Crippen molar-refractivity contribution in [2.24, 2.45) is 5.10 Å². The van der Waals surface area contributed by atoms with Gasteiger partial charge in [-0.2, -0.15) is 5.10 Å². The Kier molecular flexibility index (Phi) is 12.4. The summed E-state index contributed by atoms with van der Waals surface area (Å²) in [4.78, 5) is 26.9. The number of likely N-dealkylation sites (N-methyl/N-ethyl adjacent to an activating group) is 1. The van der Waals surface area contributed by atoms with E-state index in [1.807, 2.05) is 19.1 Å². The second kappa shape index (κ2) is 14.5. The molecule has 0 radical (unpaired) electrons. The van der Waals surface area contributed by atoms with Gasteiger partial charge in [0, 0.05) is 51.4 Å². The monoisotopic (exact) mass is 438 g/mol. The largest absolute Gasteiger partial charge is 0.396 e. The summed E-state index contributed by atoms with van der Waals surface area (Å²) in [5.74, 6) is 0.201. The molecular weight excluding hydrogens is 408 g/mol. The molecule has 1 rings (SSSR count). The third-order valence-electron chi connectivity index (χ3n) is 4.28. The van der Waals surface area contributed by atoms with Gasteiger partial charge in [-0.05, 0) is 37.5 Å². The van der Waals surface area contributed by atoms with Crippen LogP contribution in [0.3, 0.4) is 0 Å². The minimum absolute atomic E-state index is 0.00796. The number of amides is 2. The van der Waals surface area contributed by atoms with Gasteiger partial charge in [0.15, 0.2) is 0 Å². The van der Waals surface area contributed by atoms with Crippen molar-refractivity contribution in [3.63, 3.8) is 0 Å². The number of aliphatic hydroxyl groups excluding tert-OH is 1. The Bertz CT molecular complexity index is 709. The number of rotatable bonds is 14. The van der Waals surface area contributed by atoms with E-state index in [1.54, 1.807) is 24.1 Å². The summed E-state index contributed by atoms with van der Waals surface area (Å²) in [6, 6.07) is 7.24. The molecule has 0 atom stereocenters. The van der Waals surface area contributed by atoms with Gasteiger partial charge in [-0.3, -0.25) is 9.59 Å². The van der Waals surface area contributed by atoms with Crippen LogP contribution in [0.15, 0.2) is 41.6 Å². The molecule has 1 aromatic rings. The lowest BCUT2D eigenvalue weighted by Gasteiger charge is -2.30. The number of hydrazone groups is 1. The predicted molar refractivity (Wildman–Crippen MR) is 118 cm³/mol. The van der Waals surface area contributed by atoms with E-state index in [1.165, 1.54) is 4.90 Å². The Morgan fingerprint density at radius 1 is 1.33 bits per heavy atom. The van der Waals surface area contributed by atoms with Gasteiger partial charge in [0.1, 0.15) is 11.5 Å². The van der Waals surface area contributed by atoms with Crippen molar-refractivity contribution in [3.8, 4) is 0 Å². The highest BCUT2D eigenvalue weighted by Gasteiger charge is 2.23. The molecule has 166 valence electrons. The first-order chi connectivity index (χ1) is 14.4. The molecule has 0 saturated heterocycles. The molecule has 0 aromatic heterocycles. The Morgan fingerprint density at radius 2 is 2.03 bits per heavy atom. The van der Waals surface area contributed by atoms with Gasteiger partial charge in [0.05, 0.1) is 0 Å². The van der Waals surface area contributed by atoms with Crippen molar-refractivity contribution < 1.29 is 19.4 Å². The van der Waals surface area contributed by atoms with E-state index in [0.29, 0.717) is 62.8 Å². The fourth-order valence-corrected chi connectivity index (χ4v) is 2.81. The van der Waals surface area contributed by atoms with E-state index < -0.39 is 0 Å². The zero-order chi connectivity index (χ0) is 22.4. The number of carbonyl (C=O) groups is 2. The average Bonchev–Trinajstić information content (AvgIpc) is 2.76. The molecular formula is C21H31ClN4O4. The summed E-state index contributed by atoms with van der Waals surface area (Å²) < 4.78 is 5.39. The fraction of sp³-hybridized carbons (Fsp3) is 0.476. The van der Waals surface area contributed by atoms with Crippen molar-refractivity contribution >= 4 is 29.8 Å². The van der Waals surface area contributed by atoms with Crippen LogP contribution in [0.1, 0.15) is 31.7 Å². The van der Waals surface area contributed by atoms with Crippen LogP contribution in [-0.2, 0) is 20.9 Å². The molecule has 0 aliphatic heterocycles. The van der Waals surface area contributed by atoms with Gasteiger partial charge >= 0.3 is 0 Å². The minimum Gasteiger partial charge on any atom is -0.396 e. The molecule has 0 fully saturated rings. The SMILES string of the molecule is C=C(C(=O)N(C)CCCO)N(Cc1ccc(Cl)cc1)/C(CCCOCC)=N\NC=O. The van der Waals surface area contributed by atoms with Crippen LogP contribution in [0.4, 0.5) is 0 Å². The van der Waals surface area contributed by atoms with Crippen LogP contribution in [0, 0.1) is 0 Å². The zero-order valence-corrected chi connectivity index (χ0v) is 18.4. The number of amidine groups is 1. The standard InChI is InChI=1S/C21H31ClN4O4/c1-4-30-14-5-7-20(24-23-16-28)26(15-18-8-10-19(22)11-9-18)17(2)21(29)25(3)12-6-13-27/h8-11,16,27H,2,4-7,12-15H2,1,3H3,(H,23,28)/b24-20-. The number of nitrogens with zero attached hydrogens (tertiary/aromatic N) is 3. The molecule has 0 heterocycles. The van der Waals surface area contributed by atoms with Gasteiger partial charge in [-0.15, -0.1) is 0 Å². The number of halogens is 1. The third-order valence-corrected chi connectivity index (χ3v) is 4.53. The summed E-state index contributed by atoms with van der Waals surface area (Å²) in [7, 11) is 1.65. The lowest BCUT2D eigenvalue weighted by molar-refractivity contribution is -0.127. The lowest BCUT2D eigenvalue weighted by Crippen LogP contribution is -2.40. The normalized spacial score (nSPS) is 11.1. The number of hydrogen-bond donors (Lipinski definition) is 2. The van der Waals surface area contributed by atoms with Crippen LogP contribution < -0.4 is 5.43 Å². The summed E-state index contributed by atoms with van der Waals surface area (Å²) in [6.45, 7) is 7.75. The Labute approximate surface area is 183 Å². The summed E-state index contributed by atoms with van der Waals surface area (Å²) >= 11 is 5.98.